The first-order valence-electron chi connectivity index (χ1n) is 2.10. The minimum Gasteiger partial charge on any atom is -0.228 e. The van der Waals surface area contributed by atoms with Gasteiger partial charge in [0.1, 0.15) is 0 Å². The minimum absolute atomic E-state index is 0.563. The molecule has 0 saturated carbocycles. The highest BCUT2D eigenvalue weighted by Crippen LogP contribution is 1.93. The fraction of sp³-hybridized carbons (Fsp3) is 0.400. The molecule has 44 valence electrons. The average Bonchev–Trinajstić information content (AvgIpc) is 1.83. The van der Waals surface area contributed by atoms with Gasteiger partial charge in [-0.05, 0) is 24.7 Å². The summed E-state index contributed by atoms with van der Waals surface area (Å²) >= 11 is 9.64. The van der Waals surface area contributed by atoms with Crippen molar-refractivity contribution in [2.24, 2.45) is 4.99 Å². The molecule has 3 heteroatoms. The van der Waals surface area contributed by atoms with Gasteiger partial charge in [0.15, 0.2) is 0 Å². The van der Waals surface area contributed by atoms with E-state index in [1.807, 2.05) is 6.92 Å². The van der Waals surface area contributed by atoms with Crippen molar-refractivity contribution in [3.8, 4) is 0 Å². The van der Waals surface area contributed by atoms with Gasteiger partial charge in [-0.25, -0.2) is 4.99 Å². The van der Waals surface area contributed by atoms with E-state index in [4.69, 9.17) is 11.6 Å². The fourth-order valence-corrected chi connectivity index (χ4v) is 0.325. The van der Waals surface area contributed by atoms with Gasteiger partial charge in [0.05, 0.1) is 11.7 Å². The van der Waals surface area contributed by atoms with E-state index in [1.165, 1.54) is 5.54 Å². The van der Waals surface area contributed by atoms with Gasteiger partial charge in [-0.3, -0.25) is 0 Å². The van der Waals surface area contributed by atoms with Crippen molar-refractivity contribution >= 4 is 29.0 Å². The first-order chi connectivity index (χ1) is 3.81. The summed E-state index contributed by atoms with van der Waals surface area (Å²) in [4.78, 5) is 3.65. The van der Waals surface area contributed by atoms with E-state index >= 15 is 0 Å². The monoisotopic (exact) mass is 147 g/mol. The van der Waals surface area contributed by atoms with E-state index in [0.29, 0.717) is 6.54 Å². The van der Waals surface area contributed by atoms with Crippen LogP contribution < -0.4 is 0 Å². The van der Waals surface area contributed by atoms with E-state index in [0.717, 1.165) is 5.57 Å². The lowest BCUT2D eigenvalue weighted by molar-refractivity contribution is 1.16. The molecule has 0 amide bonds. The molecule has 0 radical (unpaired) electrons. The first kappa shape index (κ1) is 7.83. The van der Waals surface area contributed by atoms with Crippen LogP contribution in [0.4, 0.5) is 0 Å². The Hall–Kier alpha value is -0.170. The van der Waals surface area contributed by atoms with Crippen LogP contribution in [0.25, 0.3) is 0 Å². The molecular weight excluding hydrogens is 142 g/mol. The summed E-state index contributed by atoms with van der Waals surface area (Å²) < 4.78 is 0. The minimum atomic E-state index is 0.563. The van der Waals surface area contributed by atoms with Gasteiger partial charge in [-0.1, -0.05) is 11.6 Å². The highest BCUT2D eigenvalue weighted by molar-refractivity contribution is 7.78. The standard InChI is InChI=1S/C5H6ClNS/c1-5(2-6)3-7-4-8/h2H,3H2,1H3/b5-2+. The Kier molecular flexibility index (Phi) is 4.87. The van der Waals surface area contributed by atoms with Crippen LogP contribution in [-0.4, -0.2) is 11.7 Å². The molecule has 0 atom stereocenters. The molecular formula is C5H6ClNS. The first-order valence-corrected chi connectivity index (χ1v) is 2.95. The second-order valence-corrected chi connectivity index (χ2v) is 1.76. The third kappa shape index (κ3) is 4.00. The summed E-state index contributed by atoms with van der Waals surface area (Å²) in [7, 11) is 0. The van der Waals surface area contributed by atoms with E-state index in [1.54, 1.807) is 0 Å². The van der Waals surface area contributed by atoms with Gasteiger partial charge >= 0.3 is 0 Å². The molecule has 0 N–H and O–H groups in total. The number of halogens is 1. The smallest absolute Gasteiger partial charge is 0.0712 e. The molecule has 0 aromatic carbocycles. The molecule has 0 rings (SSSR count). The Morgan fingerprint density at radius 3 is 3.00 bits per heavy atom. The summed E-state index contributed by atoms with van der Waals surface area (Å²) in [6.07, 6.45) is 0. The van der Waals surface area contributed by atoms with Crippen molar-refractivity contribution in [3.05, 3.63) is 11.1 Å². The second-order valence-electron chi connectivity index (χ2n) is 1.36. The normalized spacial score (nSPS) is 10.5. The van der Waals surface area contributed by atoms with Gasteiger partial charge < -0.3 is 0 Å². The number of isothiocyanates is 1. The summed E-state index contributed by atoms with van der Waals surface area (Å²) in [6, 6.07) is 0. The largest absolute Gasteiger partial charge is 0.228 e. The predicted octanol–water partition coefficient (Wildman–Crippen LogP) is 2.23. The van der Waals surface area contributed by atoms with Crippen molar-refractivity contribution in [3.63, 3.8) is 0 Å². The maximum absolute atomic E-state index is 5.30. The highest BCUT2D eigenvalue weighted by Gasteiger charge is 1.80. The lowest BCUT2D eigenvalue weighted by Gasteiger charge is -1.85. The molecule has 0 unspecified atom stereocenters. The number of hydrogen-bond acceptors (Lipinski definition) is 2. The number of thiocarbonyl (C=S) groups is 1. The van der Waals surface area contributed by atoms with Crippen molar-refractivity contribution in [2.45, 2.75) is 6.92 Å². The molecule has 0 aliphatic carbocycles. The van der Waals surface area contributed by atoms with Crippen molar-refractivity contribution < 1.29 is 0 Å². The zero-order valence-electron chi connectivity index (χ0n) is 4.52. The van der Waals surface area contributed by atoms with E-state index < -0.39 is 0 Å². The molecule has 0 bridgehead atoms. The number of aliphatic imine (C=N–C) groups is 1. The van der Waals surface area contributed by atoms with Crippen LogP contribution in [0.1, 0.15) is 6.92 Å². The Morgan fingerprint density at radius 2 is 2.62 bits per heavy atom. The molecule has 0 aliphatic rings. The van der Waals surface area contributed by atoms with E-state index in [-0.39, 0.29) is 0 Å². The number of rotatable bonds is 2. The zero-order valence-corrected chi connectivity index (χ0v) is 6.09. The Labute approximate surface area is 59.1 Å². The molecule has 0 saturated heterocycles. The maximum atomic E-state index is 5.30. The summed E-state index contributed by atoms with van der Waals surface area (Å²) in [5.41, 5.74) is 2.47. The van der Waals surface area contributed by atoms with Crippen LogP contribution in [0.3, 0.4) is 0 Å². The van der Waals surface area contributed by atoms with Crippen LogP contribution in [0, 0.1) is 0 Å². The molecule has 1 nitrogen and oxygen atoms in total. The fourth-order valence-electron chi connectivity index (χ4n) is 0.191. The van der Waals surface area contributed by atoms with Crippen molar-refractivity contribution in [2.75, 3.05) is 6.54 Å². The Balaban J connectivity index is 3.55. The summed E-state index contributed by atoms with van der Waals surface area (Å²) in [6.45, 7) is 2.44. The Morgan fingerprint density at radius 1 is 2.00 bits per heavy atom. The van der Waals surface area contributed by atoms with Gasteiger partial charge in [0.2, 0.25) is 0 Å². The average molecular weight is 148 g/mol. The summed E-state index contributed by atoms with van der Waals surface area (Å²) in [5.74, 6) is 0. The third-order valence-electron chi connectivity index (χ3n) is 0.579. The summed E-state index contributed by atoms with van der Waals surface area (Å²) in [5, 5.41) is 2.24. The second kappa shape index (κ2) is 4.98. The molecule has 0 aromatic rings. The topological polar surface area (TPSA) is 12.4 Å². The molecule has 0 aliphatic heterocycles. The quantitative estimate of drug-likeness (QED) is 0.431. The predicted molar refractivity (Wildman–Crippen MR) is 39.5 cm³/mol. The maximum Gasteiger partial charge on any atom is 0.0712 e. The van der Waals surface area contributed by atoms with Crippen molar-refractivity contribution in [1.29, 1.82) is 0 Å². The van der Waals surface area contributed by atoms with Crippen LogP contribution in [0.2, 0.25) is 0 Å². The number of hydrogen-bond donors (Lipinski definition) is 0. The third-order valence-corrected chi connectivity index (χ3v) is 1.08. The van der Waals surface area contributed by atoms with E-state index in [9.17, 15) is 0 Å². The molecule has 0 spiro atoms. The lowest BCUT2D eigenvalue weighted by atomic mass is 10.4. The van der Waals surface area contributed by atoms with Crippen LogP contribution in [0.5, 0.6) is 0 Å². The molecule has 0 aromatic heterocycles. The Bertz CT molecular complexity index is 135. The highest BCUT2D eigenvalue weighted by atomic mass is 35.5. The molecule has 0 fully saturated rings. The zero-order chi connectivity index (χ0) is 6.41. The van der Waals surface area contributed by atoms with Gasteiger partial charge in [0.25, 0.3) is 0 Å². The van der Waals surface area contributed by atoms with Gasteiger partial charge in [-0.2, -0.15) is 0 Å². The lowest BCUT2D eigenvalue weighted by Crippen LogP contribution is -1.77. The van der Waals surface area contributed by atoms with Gasteiger partial charge in [0, 0.05) is 5.54 Å². The number of nitrogens with zero attached hydrogens (tertiary/aromatic N) is 1. The molecule has 0 heterocycles. The van der Waals surface area contributed by atoms with Gasteiger partial charge in [-0.15, -0.1) is 0 Å². The molecule has 8 heavy (non-hydrogen) atoms. The van der Waals surface area contributed by atoms with Crippen molar-refractivity contribution in [1.82, 2.24) is 0 Å². The van der Waals surface area contributed by atoms with Crippen LogP contribution >= 0.6 is 23.8 Å². The van der Waals surface area contributed by atoms with Crippen LogP contribution in [0.15, 0.2) is 16.1 Å². The SMILES string of the molecule is C/C(=C\Cl)CN=C=S. The van der Waals surface area contributed by atoms with E-state index in [2.05, 4.69) is 22.4 Å². The van der Waals surface area contributed by atoms with Crippen LogP contribution in [-0.2, 0) is 0 Å².